The summed E-state index contributed by atoms with van der Waals surface area (Å²) in [5, 5.41) is 6.19. The largest absolute Gasteiger partial charge is 0.460 e. The van der Waals surface area contributed by atoms with Crippen LogP contribution in [0.4, 0.5) is 5.82 Å². The molecule has 3 aromatic rings. The Hall–Kier alpha value is -1.78. The minimum absolute atomic E-state index is 0.719. The molecule has 102 valence electrons. The van der Waals surface area contributed by atoms with Gasteiger partial charge in [0, 0.05) is 42.0 Å². The van der Waals surface area contributed by atoms with E-state index in [1.54, 1.807) is 6.26 Å². The topological polar surface area (TPSA) is 41.3 Å². The highest BCUT2D eigenvalue weighted by atomic mass is 35.5. The third-order valence-electron chi connectivity index (χ3n) is 3.76. The summed E-state index contributed by atoms with van der Waals surface area (Å²) in [6.07, 6.45) is 1.72. The maximum atomic E-state index is 6.10. The van der Waals surface area contributed by atoms with E-state index in [1.807, 2.05) is 24.3 Å². The fraction of sp³-hybridized carbons (Fsp3) is 0.267. The van der Waals surface area contributed by atoms with Gasteiger partial charge in [0.2, 0.25) is 0 Å². The number of halogens is 1. The summed E-state index contributed by atoms with van der Waals surface area (Å²) in [4.78, 5) is 7.06. The molecule has 0 atom stereocenters. The van der Waals surface area contributed by atoms with Crippen LogP contribution in [0.15, 0.2) is 34.9 Å². The summed E-state index contributed by atoms with van der Waals surface area (Å²) >= 11 is 6.10. The minimum Gasteiger partial charge on any atom is -0.460 e. The summed E-state index contributed by atoms with van der Waals surface area (Å²) in [5.41, 5.74) is 1.80. The number of hydrogen-bond donors (Lipinski definition) is 1. The van der Waals surface area contributed by atoms with Crippen molar-refractivity contribution in [2.75, 3.05) is 31.1 Å². The van der Waals surface area contributed by atoms with Gasteiger partial charge in [-0.3, -0.25) is 0 Å². The highest BCUT2D eigenvalue weighted by Gasteiger charge is 2.18. The Morgan fingerprint density at radius 2 is 2.00 bits per heavy atom. The van der Waals surface area contributed by atoms with E-state index < -0.39 is 0 Å². The predicted octanol–water partition coefficient (Wildman–Crippen LogP) is 3.04. The monoisotopic (exact) mass is 287 g/mol. The van der Waals surface area contributed by atoms with Crippen LogP contribution in [0.1, 0.15) is 0 Å². The van der Waals surface area contributed by atoms with E-state index in [0.717, 1.165) is 58.9 Å². The van der Waals surface area contributed by atoms with Crippen molar-refractivity contribution >= 4 is 39.3 Å². The third-order valence-corrected chi connectivity index (χ3v) is 4.00. The minimum atomic E-state index is 0.719. The smallest absolute Gasteiger partial charge is 0.176 e. The van der Waals surface area contributed by atoms with Crippen LogP contribution < -0.4 is 10.2 Å². The number of nitrogens with zero attached hydrogens (tertiary/aromatic N) is 2. The molecule has 0 aliphatic carbocycles. The van der Waals surface area contributed by atoms with Crippen LogP contribution in [0.5, 0.6) is 0 Å². The molecular formula is C15H14ClN3O. The molecule has 0 amide bonds. The van der Waals surface area contributed by atoms with E-state index in [1.165, 1.54) is 0 Å². The molecule has 4 rings (SSSR count). The normalized spacial score (nSPS) is 16.1. The number of rotatable bonds is 1. The molecule has 20 heavy (non-hydrogen) atoms. The number of fused-ring (bicyclic) bond motifs is 3. The van der Waals surface area contributed by atoms with Crippen molar-refractivity contribution in [3.05, 3.63) is 35.6 Å². The Morgan fingerprint density at radius 3 is 2.85 bits per heavy atom. The first kappa shape index (κ1) is 12.0. The first-order valence-corrected chi connectivity index (χ1v) is 7.13. The van der Waals surface area contributed by atoms with Crippen LogP contribution in [0.25, 0.3) is 21.9 Å². The summed E-state index contributed by atoms with van der Waals surface area (Å²) in [6, 6.07) is 7.78. The first-order valence-electron chi connectivity index (χ1n) is 6.75. The van der Waals surface area contributed by atoms with Gasteiger partial charge in [-0.05, 0) is 24.3 Å². The average Bonchev–Trinajstić information content (AvgIpc) is 2.97. The molecule has 0 spiro atoms. The van der Waals surface area contributed by atoms with Crippen molar-refractivity contribution in [1.82, 2.24) is 10.3 Å². The van der Waals surface area contributed by atoms with Crippen LogP contribution in [0.2, 0.25) is 5.02 Å². The zero-order valence-electron chi connectivity index (χ0n) is 10.9. The van der Waals surface area contributed by atoms with Gasteiger partial charge in [-0.1, -0.05) is 11.6 Å². The number of pyridine rings is 1. The van der Waals surface area contributed by atoms with Crippen molar-refractivity contribution in [3.63, 3.8) is 0 Å². The van der Waals surface area contributed by atoms with Crippen LogP contribution in [-0.4, -0.2) is 31.2 Å². The number of benzene rings is 1. The zero-order valence-corrected chi connectivity index (χ0v) is 11.7. The quantitative estimate of drug-likeness (QED) is 0.747. The highest BCUT2D eigenvalue weighted by molar-refractivity contribution is 6.31. The Morgan fingerprint density at radius 1 is 1.15 bits per heavy atom. The summed E-state index contributed by atoms with van der Waals surface area (Å²) in [5.74, 6) is 0.932. The molecule has 5 heteroatoms. The maximum absolute atomic E-state index is 6.10. The summed E-state index contributed by atoms with van der Waals surface area (Å²) < 4.78 is 5.68. The van der Waals surface area contributed by atoms with Gasteiger partial charge in [-0.25, -0.2) is 4.98 Å². The van der Waals surface area contributed by atoms with Gasteiger partial charge < -0.3 is 14.6 Å². The van der Waals surface area contributed by atoms with Gasteiger partial charge >= 0.3 is 0 Å². The third kappa shape index (κ3) is 1.84. The number of piperazine rings is 1. The Kier molecular flexibility index (Phi) is 2.79. The second-order valence-electron chi connectivity index (χ2n) is 5.00. The fourth-order valence-electron chi connectivity index (χ4n) is 2.77. The van der Waals surface area contributed by atoms with Crippen LogP contribution in [-0.2, 0) is 0 Å². The van der Waals surface area contributed by atoms with Crippen molar-refractivity contribution in [3.8, 4) is 0 Å². The molecule has 1 fully saturated rings. The molecule has 0 bridgehead atoms. The van der Waals surface area contributed by atoms with E-state index in [-0.39, 0.29) is 0 Å². The van der Waals surface area contributed by atoms with E-state index in [4.69, 9.17) is 21.0 Å². The van der Waals surface area contributed by atoms with Gasteiger partial charge in [0.05, 0.1) is 11.8 Å². The highest BCUT2D eigenvalue weighted by Crippen LogP contribution is 2.33. The molecule has 2 aromatic heterocycles. The lowest BCUT2D eigenvalue weighted by Crippen LogP contribution is -2.43. The zero-order chi connectivity index (χ0) is 13.5. The molecule has 1 aliphatic rings. The second-order valence-corrected chi connectivity index (χ2v) is 5.43. The molecule has 4 nitrogen and oxygen atoms in total. The number of hydrogen-bond acceptors (Lipinski definition) is 4. The van der Waals surface area contributed by atoms with E-state index in [9.17, 15) is 0 Å². The lowest BCUT2D eigenvalue weighted by Gasteiger charge is -2.28. The van der Waals surface area contributed by atoms with Crippen LogP contribution >= 0.6 is 11.6 Å². The predicted molar refractivity (Wildman–Crippen MR) is 81.6 cm³/mol. The number of aromatic nitrogens is 1. The lowest BCUT2D eigenvalue weighted by molar-refractivity contribution is 0.574. The Labute approximate surface area is 121 Å². The Bertz CT molecular complexity index is 777. The number of anilines is 1. The van der Waals surface area contributed by atoms with E-state index >= 15 is 0 Å². The second kappa shape index (κ2) is 4.65. The van der Waals surface area contributed by atoms with Crippen molar-refractivity contribution < 1.29 is 4.42 Å². The van der Waals surface area contributed by atoms with E-state index in [0.29, 0.717) is 0 Å². The Balaban J connectivity index is 1.99. The maximum Gasteiger partial charge on any atom is 0.176 e. The molecule has 0 unspecified atom stereocenters. The molecule has 3 heterocycles. The molecule has 0 saturated carbocycles. The molecule has 1 aliphatic heterocycles. The van der Waals surface area contributed by atoms with Gasteiger partial charge in [-0.2, -0.15) is 0 Å². The van der Waals surface area contributed by atoms with Gasteiger partial charge in [0.25, 0.3) is 0 Å². The molecular weight excluding hydrogens is 274 g/mol. The molecule has 0 radical (unpaired) electrons. The van der Waals surface area contributed by atoms with Gasteiger partial charge in [-0.15, -0.1) is 0 Å². The van der Waals surface area contributed by atoms with Crippen molar-refractivity contribution in [2.24, 2.45) is 0 Å². The number of furan rings is 1. The SMILES string of the molecule is Clc1ccc2nc(N3CCNCC3)c3occc3c2c1. The van der Waals surface area contributed by atoms with Gasteiger partial charge in [0.15, 0.2) is 11.4 Å². The lowest BCUT2D eigenvalue weighted by atomic mass is 10.1. The first-order chi connectivity index (χ1) is 9.83. The summed E-state index contributed by atoms with van der Waals surface area (Å²) in [6.45, 7) is 3.84. The molecule has 1 saturated heterocycles. The van der Waals surface area contributed by atoms with E-state index in [2.05, 4.69) is 10.2 Å². The number of nitrogens with one attached hydrogen (secondary N) is 1. The van der Waals surface area contributed by atoms with Crippen molar-refractivity contribution in [1.29, 1.82) is 0 Å². The van der Waals surface area contributed by atoms with Crippen LogP contribution in [0.3, 0.4) is 0 Å². The van der Waals surface area contributed by atoms with Crippen molar-refractivity contribution in [2.45, 2.75) is 0 Å². The van der Waals surface area contributed by atoms with Crippen LogP contribution in [0, 0.1) is 0 Å². The fourth-order valence-corrected chi connectivity index (χ4v) is 2.94. The van der Waals surface area contributed by atoms with Gasteiger partial charge in [0.1, 0.15) is 0 Å². The standard InChI is InChI=1S/C15H14ClN3O/c16-10-1-2-13-12(9-10)11-3-8-20-14(11)15(18-13)19-6-4-17-5-7-19/h1-3,8-9,17H,4-7H2. The summed E-state index contributed by atoms with van der Waals surface area (Å²) in [7, 11) is 0. The molecule has 1 aromatic carbocycles. The average molecular weight is 288 g/mol. The molecule has 1 N–H and O–H groups in total.